The zero-order valence-electron chi connectivity index (χ0n) is 17.9. The van der Waals surface area contributed by atoms with Crippen molar-refractivity contribution in [3.63, 3.8) is 0 Å². The molecule has 5 heteroatoms. The highest BCUT2D eigenvalue weighted by atomic mass is 32.1. The summed E-state index contributed by atoms with van der Waals surface area (Å²) in [5.41, 5.74) is 1.18. The van der Waals surface area contributed by atoms with Crippen LogP contribution in [0.4, 0.5) is 0 Å². The maximum Gasteiger partial charge on any atom is 0.280 e. The Morgan fingerprint density at radius 3 is 2.43 bits per heavy atom. The van der Waals surface area contributed by atoms with Crippen LogP contribution in [0, 0.1) is 6.92 Å². The number of unbranched alkanes of at least 4 members (excludes halogenated alkanes) is 7. The second kappa shape index (κ2) is 10.2. The molecular weight excluding hydrogens is 366 g/mol. The first-order valence-electron chi connectivity index (χ1n) is 11.6. The highest BCUT2D eigenvalue weighted by Gasteiger charge is 2.51. The summed E-state index contributed by atoms with van der Waals surface area (Å²) < 4.78 is 0. The third-order valence-electron chi connectivity index (χ3n) is 6.79. The maximum absolute atomic E-state index is 12.7. The average molecular weight is 406 g/mol. The second-order valence-corrected chi connectivity index (χ2v) is 10.1. The van der Waals surface area contributed by atoms with Gasteiger partial charge in [0.1, 0.15) is 0 Å². The summed E-state index contributed by atoms with van der Waals surface area (Å²) in [7, 11) is 0. The molecule has 2 saturated carbocycles. The standard InChI is InChI=1S/C23H39N3OS/c1-3-4-5-6-7-8-9-10-16-24-22-12-11-13-23(18-22,15-14-22)26-20(27)21-25-19(2)17-28-21/h17,24H,3-16,18H2,1-2H3,(H,26,27)/t22-,23+/m1/s1. The predicted molar refractivity (Wildman–Crippen MR) is 118 cm³/mol. The number of thiazole rings is 1. The molecule has 0 aromatic carbocycles. The molecule has 1 aromatic rings. The van der Waals surface area contributed by atoms with Crippen LogP contribution in [0.3, 0.4) is 0 Å². The summed E-state index contributed by atoms with van der Waals surface area (Å²) in [6.45, 7) is 5.35. The van der Waals surface area contributed by atoms with Crippen LogP contribution in [-0.4, -0.2) is 28.5 Å². The molecule has 0 radical (unpaired) electrons. The van der Waals surface area contributed by atoms with Crippen molar-refractivity contribution in [3.05, 3.63) is 16.1 Å². The quantitative estimate of drug-likeness (QED) is 0.435. The number of fused-ring (bicyclic) bond motifs is 2. The summed E-state index contributed by atoms with van der Waals surface area (Å²) in [6.07, 6.45) is 17.9. The van der Waals surface area contributed by atoms with E-state index in [2.05, 4.69) is 22.5 Å². The molecule has 28 heavy (non-hydrogen) atoms. The number of carbonyl (C=O) groups is 1. The van der Waals surface area contributed by atoms with Gasteiger partial charge in [0.25, 0.3) is 5.91 Å². The van der Waals surface area contributed by atoms with E-state index in [4.69, 9.17) is 0 Å². The van der Waals surface area contributed by atoms with Crippen molar-refractivity contribution in [2.45, 2.75) is 115 Å². The van der Waals surface area contributed by atoms with Crippen LogP contribution < -0.4 is 10.6 Å². The van der Waals surface area contributed by atoms with Crippen molar-refractivity contribution < 1.29 is 4.79 Å². The van der Waals surface area contributed by atoms with Gasteiger partial charge in [-0.05, 0) is 58.4 Å². The number of hydrogen-bond donors (Lipinski definition) is 2. The Bertz CT molecular complexity index is 631. The van der Waals surface area contributed by atoms with Crippen LogP contribution in [0.1, 0.15) is 112 Å². The number of rotatable bonds is 12. The van der Waals surface area contributed by atoms with Gasteiger partial charge >= 0.3 is 0 Å². The molecule has 0 unspecified atom stereocenters. The lowest BCUT2D eigenvalue weighted by Gasteiger charge is -2.40. The smallest absolute Gasteiger partial charge is 0.280 e. The Labute approximate surface area is 175 Å². The molecule has 2 fully saturated rings. The van der Waals surface area contributed by atoms with Crippen molar-refractivity contribution in [1.82, 2.24) is 15.6 Å². The van der Waals surface area contributed by atoms with Crippen LogP contribution in [0.2, 0.25) is 0 Å². The lowest BCUT2D eigenvalue weighted by molar-refractivity contribution is 0.0868. The molecule has 158 valence electrons. The van der Waals surface area contributed by atoms with E-state index in [-0.39, 0.29) is 17.0 Å². The van der Waals surface area contributed by atoms with Crippen molar-refractivity contribution >= 4 is 17.2 Å². The molecular formula is C23H39N3OS. The fourth-order valence-corrected chi connectivity index (χ4v) is 5.96. The summed E-state index contributed by atoms with van der Waals surface area (Å²) in [5, 5.41) is 9.87. The predicted octanol–water partition coefficient (Wildman–Crippen LogP) is 5.76. The molecule has 0 aliphatic heterocycles. The van der Waals surface area contributed by atoms with Gasteiger partial charge in [0.15, 0.2) is 5.01 Å². The highest BCUT2D eigenvalue weighted by Crippen LogP contribution is 2.48. The Morgan fingerprint density at radius 2 is 1.71 bits per heavy atom. The first kappa shape index (κ1) is 21.8. The van der Waals surface area contributed by atoms with Gasteiger partial charge < -0.3 is 10.6 Å². The van der Waals surface area contributed by atoms with Crippen molar-refractivity contribution in [1.29, 1.82) is 0 Å². The molecule has 2 bridgehead atoms. The monoisotopic (exact) mass is 405 g/mol. The fraction of sp³-hybridized carbons (Fsp3) is 0.826. The number of amides is 1. The van der Waals surface area contributed by atoms with Crippen LogP contribution in [-0.2, 0) is 0 Å². The number of carbonyl (C=O) groups excluding carboxylic acids is 1. The minimum atomic E-state index is -0.0127. The van der Waals surface area contributed by atoms with E-state index < -0.39 is 0 Å². The fourth-order valence-electron chi connectivity index (χ4n) is 5.27. The van der Waals surface area contributed by atoms with E-state index in [1.807, 2.05) is 12.3 Å². The van der Waals surface area contributed by atoms with Gasteiger partial charge in [0, 0.05) is 22.2 Å². The average Bonchev–Trinajstić information content (AvgIpc) is 3.22. The Morgan fingerprint density at radius 1 is 1.04 bits per heavy atom. The minimum absolute atomic E-state index is 0.0127. The van der Waals surface area contributed by atoms with Crippen LogP contribution in [0.15, 0.2) is 5.38 Å². The Kier molecular flexibility index (Phi) is 7.93. The summed E-state index contributed by atoms with van der Waals surface area (Å²) >= 11 is 1.46. The molecule has 0 saturated heterocycles. The van der Waals surface area contributed by atoms with Gasteiger partial charge in [-0.15, -0.1) is 11.3 Å². The number of hydrogen-bond acceptors (Lipinski definition) is 4. The molecule has 2 aliphatic rings. The molecule has 0 spiro atoms. The topological polar surface area (TPSA) is 54.0 Å². The first-order valence-corrected chi connectivity index (χ1v) is 12.4. The molecule has 2 N–H and O–H groups in total. The van der Waals surface area contributed by atoms with Crippen molar-refractivity contribution in [2.24, 2.45) is 0 Å². The number of aromatic nitrogens is 1. The van der Waals surface area contributed by atoms with Gasteiger partial charge in [-0.25, -0.2) is 4.98 Å². The number of nitrogens with one attached hydrogen (secondary N) is 2. The maximum atomic E-state index is 12.7. The lowest BCUT2D eigenvalue weighted by Crippen LogP contribution is -2.54. The van der Waals surface area contributed by atoms with E-state index in [9.17, 15) is 4.79 Å². The summed E-state index contributed by atoms with van der Waals surface area (Å²) in [6, 6.07) is 0. The SMILES string of the molecule is CCCCCCCCCCN[C@]12CCC[C@](NC(=O)c3nc(C)cs3)(CC1)C2. The molecule has 2 aliphatic carbocycles. The van der Waals surface area contributed by atoms with Crippen LogP contribution >= 0.6 is 11.3 Å². The Hall–Kier alpha value is -0.940. The third kappa shape index (κ3) is 5.79. The molecule has 3 rings (SSSR count). The molecule has 2 atom stereocenters. The Balaban J connectivity index is 1.39. The van der Waals surface area contributed by atoms with Crippen LogP contribution in [0.5, 0.6) is 0 Å². The van der Waals surface area contributed by atoms with Gasteiger partial charge in [-0.1, -0.05) is 51.9 Å². The molecule has 1 aromatic heterocycles. The van der Waals surface area contributed by atoms with E-state index in [0.29, 0.717) is 5.01 Å². The second-order valence-electron chi connectivity index (χ2n) is 9.24. The van der Waals surface area contributed by atoms with E-state index in [1.54, 1.807) is 0 Å². The lowest BCUT2D eigenvalue weighted by atomic mass is 9.78. The van der Waals surface area contributed by atoms with E-state index in [0.717, 1.165) is 31.5 Å². The summed E-state index contributed by atoms with van der Waals surface area (Å²) in [5.74, 6) is 0.0267. The van der Waals surface area contributed by atoms with Crippen molar-refractivity contribution in [2.75, 3.05) is 6.54 Å². The first-order chi connectivity index (χ1) is 13.6. The van der Waals surface area contributed by atoms with Gasteiger partial charge in [-0.3, -0.25) is 4.79 Å². The molecule has 1 heterocycles. The van der Waals surface area contributed by atoms with Crippen LogP contribution in [0.25, 0.3) is 0 Å². The third-order valence-corrected chi connectivity index (χ3v) is 7.75. The largest absolute Gasteiger partial charge is 0.344 e. The minimum Gasteiger partial charge on any atom is -0.344 e. The highest BCUT2D eigenvalue weighted by molar-refractivity contribution is 7.11. The van der Waals surface area contributed by atoms with Gasteiger partial charge in [0.05, 0.1) is 0 Å². The zero-order chi connectivity index (χ0) is 19.9. The molecule has 4 nitrogen and oxygen atoms in total. The number of aryl methyl sites for hydroxylation is 1. The normalized spacial score (nSPS) is 26.5. The zero-order valence-corrected chi connectivity index (χ0v) is 18.8. The molecule has 1 amide bonds. The van der Waals surface area contributed by atoms with E-state index >= 15 is 0 Å². The van der Waals surface area contributed by atoms with E-state index in [1.165, 1.54) is 82.0 Å². The van der Waals surface area contributed by atoms with Gasteiger partial charge in [-0.2, -0.15) is 0 Å². The van der Waals surface area contributed by atoms with Gasteiger partial charge in [0.2, 0.25) is 0 Å². The summed E-state index contributed by atoms with van der Waals surface area (Å²) in [4.78, 5) is 17.0. The number of nitrogens with zero attached hydrogens (tertiary/aromatic N) is 1. The van der Waals surface area contributed by atoms with Crippen molar-refractivity contribution in [3.8, 4) is 0 Å².